The predicted molar refractivity (Wildman–Crippen MR) is 103 cm³/mol. The van der Waals surface area contributed by atoms with E-state index in [1.165, 1.54) is 24.3 Å². The van der Waals surface area contributed by atoms with Gasteiger partial charge in [0.2, 0.25) is 0 Å². The van der Waals surface area contributed by atoms with Crippen molar-refractivity contribution in [2.24, 2.45) is 5.73 Å². The van der Waals surface area contributed by atoms with Crippen molar-refractivity contribution in [3.8, 4) is 0 Å². The van der Waals surface area contributed by atoms with Crippen LogP contribution in [0.1, 0.15) is 35.8 Å². The maximum atomic E-state index is 13.8. The quantitative estimate of drug-likeness (QED) is 0.302. The molecule has 0 unspecified atom stereocenters. The molecule has 6 N–H and O–H groups in total. The highest BCUT2D eigenvalue weighted by Crippen LogP contribution is 2.23. The third-order valence-electron chi connectivity index (χ3n) is 4.57. The molecule has 0 radical (unpaired) electrons. The van der Waals surface area contributed by atoms with Crippen molar-refractivity contribution in [2.75, 3.05) is 13.1 Å². The van der Waals surface area contributed by atoms with E-state index >= 15 is 0 Å². The van der Waals surface area contributed by atoms with Crippen LogP contribution in [-0.4, -0.2) is 34.8 Å². The molecule has 1 aromatic carbocycles. The first kappa shape index (κ1) is 19.4. The Kier molecular flexibility index (Phi) is 5.95. The number of halogens is 1. The number of nitrogens with one attached hydrogen (secondary N) is 4. The standard InChI is InChI=1S/C19H21FN6O2/c20-14-4-2-1-3-12(14)17(22)26-19(28)13(10-21)18-24-15(9-16(27)25-18)11-5-7-23-8-6-11/h1-4,9-11,23H,5-8,21H2,(H2,22,26,28)(H,24,25,27). The minimum atomic E-state index is -0.763. The van der Waals surface area contributed by atoms with E-state index in [4.69, 9.17) is 11.1 Å². The first-order valence-electron chi connectivity index (χ1n) is 8.88. The van der Waals surface area contributed by atoms with Gasteiger partial charge in [-0.3, -0.25) is 15.0 Å². The molecule has 9 heteroatoms. The van der Waals surface area contributed by atoms with Gasteiger partial charge in [-0.05, 0) is 38.1 Å². The summed E-state index contributed by atoms with van der Waals surface area (Å²) in [5, 5.41) is 13.5. The van der Waals surface area contributed by atoms with Crippen LogP contribution >= 0.6 is 0 Å². The zero-order valence-electron chi connectivity index (χ0n) is 15.1. The topological polar surface area (TPSA) is 137 Å². The minimum absolute atomic E-state index is 0.0161. The van der Waals surface area contributed by atoms with Gasteiger partial charge in [0.05, 0.1) is 16.8 Å². The number of rotatable bonds is 4. The number of aromatic nitrogens is 2. The summed E-state index contributed by atoms with van der Waals surface area (Å²) in [7, 11) is 0. The molecule has 0 aliphatic carbocycles. The molecule has 1 aliphatic rings. The van der Waals surface area contributed by atoms with Crippen LogP contribution in [0.25, 0.3) is 5.57 Å². The Morgan fingerprint density at radius 2 is 2.04 bits per heavy atom. The zero-order chi connectivity index (χ0) is 20.1. The van der Waals surface area contributed by atoms with Crippen molar-refractivity contribution in [1.82, 2.24) is 20.6 Å². The van der Waals surface area contributed by atoms with Gasteiger partial charge in [0.25, 0.3) is 11.5 Å². The Morgan fingerprint density at radius 1 is 1.32 bits per heavy atom. The summed E-state index contributed by atoms with van der Waals surface area (Å²) < 4.78 is 13.8. The number of benzene rings is 1. The molecular weight excluding hydrogens is 363 g/mol. The van der Waals surface area contributed by atoms with Gasteiger partial charge in [0.15, 0.2) is 0 Å². The van der Waals surface area contributed by atoms with Gasteiger partial charge in [-0.15, -0.1) is 0 Å². The predicted octanol–water partition coefficient (Wildman–Crippen LogP) is 0.817. The van der Waals surface area contributed by atoms with Crippen molar-refractivity contribution >= 4 is 17.3 Å². The lowest BCUT2D eigenvalue weighted by Crippen LogP contribution is -2.33. The maximum Gasteiger partial charge on any atom is 0.262 e. The highest BCUT2D eigenvalue weighted by molar-refractivity contribution is 6.24. The second-order valence-electron chi connectivity index (χ2n) is 6.43. The second kappa shape index (κ2) is 8.57. The van der Waals surface area contributed by atoms with Crippen LogP contribution in [0.3, 0.4) is 0 Å². The Labute approximate surface area is 160 Å². The summed E-state index contributed by atoms with van der Waals surface area (Å²) in [5.41, 5.74) is 5.63. The van der Waals surface area contributed by atoms with Crippen molar-refractivity contribution < 1.29 is 9.18 Å². The summed E-state index contributed by atoms with van der Waals surface area (Å²) in [6.45, 7) is 1.66. The summed E-state index contributed by atoms with van der Waals surface area (Å²) in [6.07, 6.45) is 2.68. The molecule has 28 heavy (non-hydrogen) atoms. The van der Waals surface area contributed by atoms with E-state index in [9.17, 15) is 14.0 Å². The van der Waals surface area contributed by atoms with Crippen molar-refractivity contribution in [2.45, 2.75) is 18.8 Å². The van der Waals surface area contributed by atoms with E-state index in [0.29, 0.717) is 5.69 Å². The molecule has 3 rings (SSSR count). The van der Waals surface area contributed by atoms with E-state index in [0.717, 1.165) is 32.1 Å². The van der Waals surface area contributed by atoms with Crippen molar-refractivity contribution in [3.63, 3.8) is 0 Å². The smallest absolute Gasteiger partial charge is 0.262 e. The average Bonchev–Trinajstić information content (AvgIpc) is 2.69. The molecule has 1 amide bonds. The van der Waals surface area contributed by atoms with Crippen molar-refractivity contribution in [1.29, 1.82) is 5.41 Å². The van der Waals surface area contributed by atoms with Crippen LogP contribution < -0.4 is 21.9 Å². The highest BCUT2D eigenvalue weighted by Gasteiger charge is 2.21. The molecular formula is C19H21FN6O2. The number of amides is 1. The van der Waals surface area contributed by atoms with E-state index in [2.05, 4.69) is 20.6 Å². The van der Waals surface area contributed by atoms with Gasteiger partial charge in [0, 0.05) is 18.2 Å². The number of carbonyl (C=O) groups is 1. The maximum absolute atomic E-state index is 13.8. The van der Waals surface area contributed by atoms with Crippen LogP contribution in [0.15, 0.2) is 41.3 Å². The third kappa shape index (κ3) is 4.32. The number of nitrogens with two attached hydrogens (primary N) is 1. The molecule has 0 bridgehead atoms. The molecule has 1 aliphatic heterocycles. The van der Waals surface area contributed by atoms with Gasteiger partial charge >= 0.3 is 0 Å². The zero-order valence-corrected chi connectivity index (χ0v) is 15.1. The molecule has 0 saturated carbocycles. The van der Waals surface area contributed by atoms with E-state index < -0.39 is 23.1 Å². The number of aromatic amines is 1. The number of H-pyrrole nitrogens is 1. The molecule has 1 aromatic heterocycles. The Morgan fingerprint density at radius 3 is 2.71 bits per heavy atom. The number of hydrogen-bond donors (Lipinski definition) is 5. The normalized spacial score (nSPS) is 15.2. The van der Waals surface area contributed by atoms with Crippen LogP contribution in [0.2, 0.25) is 0 Å². The third-order valence-corrected chi connectivity index (χ3v) is 4.57. The molecule has 1 saturated heterocycles. The number of amidine groups is 1. The summed E-state index contributed by atoms with van der Waals surface area (Å²) in [4.78, 5) is 31.6. The molecule has 146 valence electrons. The summed E-state index contributed by atoms with van der Waals surface area (Å²) in [5.74, 6) is -1.69. The van der Waals surface area contributed by atoms with Gasteiger partial charge < -0.3 is 21.4 Å². The van der Waals surface area contributed by atoms with Crippen LogP contribution in [0.4, 0.5) is 4.39 Å². The first-order valence-corrected chi connectivity index (χ1v) is 8.88. The van der Waals surface area contributed by atoms with Crippen LogP contribution in [0, 0.1) is 11.2 Å². The minimum Gasteiger partial charge on any atom is -0.404 e. The fraction of sp³-hybridized carbons (Fsp3) is 0.263. The van der Waals surface area contributed by atoms with Crippen LogP contribution in [0.5, 0.6) is 0 Å². The Hall–Kier alpha value is -3.33. The van der Waals surface area contributed by atoms with Crippen molar-refractivity contribution in [3.05, 3.63) is 69.8 Å². The fourth-order valence-corrected chi connectivity index (χ4v) is 3.11. The lowest BCUT2D eigenvalue weighted by atomic mass is 9.94. The molecule has 8 nitrogen and oxygen atoms in total. The lowest BCUT2D eigenvalue weighted by Gasteiger charge is -2.22. The number of carbonyl (C=O) groups excluding carboxylic acids is 1. The second-order valence-corrected chi connectivity index (χ2v) is 6.43. The average molecular weight is 384 g/mol. The Balaban J connectivity index is 1.84. The van der Waals surface area contributed by atoms with E-state index in [1.54, 1.807) is 6.07 Å². The fourth-order valence-electron chi connectivity index (χ4n) is 3.11. The van der Waals surface area contributed by atoms with Gasteiger partial charge in [-0.1, -0.05) is 12.1 Å². The van der Waals surface area contributed by atoms with Gasteiger partial charge in [-0.25, -0.2) is 9.37 Å². The number of nitrogens with zero attached hydrogens (tertiary/aromatic N) is 1. The number of hydrogen-bond acceptors (Lipinski definition) is 6. The van der Waals surface area contributed by atoms with Crippen LogP contribution in [-0.2, 0) is 4.79 Å². The van der Waals surface area contributed by atoms with E-state index in [1.807, 2.05) is 0 Å². The van der Waals surface area contributed by atoms with Gasteiger partial charge in [0.1, 0.15) is 17.5 Å². The lowest BCUT2D eigenvalue weighted by molar-refractivity contribution is -0.114. The summed E-state index contributed by atoms with van der Waals surface area (Å²) >= 11 is 0. The number of piperidine rings is 1. The molecule has 0 atom stereocenters. The van der Waals surface area contributed by atoms with Gasteiger partial charge in [-0.2, -0.15) is 0 Å². The highest BCUT2D eigenvalue weighted by atomic mass is 19.1. The first-order chi connectivity index (χ1) is 13.5. The molecule has 1 fully saturated rings. The molecule has 2 aromatic rings. The molecule has 2 heterocycles. The Bertz CT molecular complexity index is 978. The molecule has 0 spiro atoms. The van der Waals surface area contributed by atoms with E-state index in [-0.39, 0.29) is 22.9 Å². The monoisotopic (exact) mass is 384 g/mol. The summed E-state index contributed by atoms with van der Waals surface area (Å²) in [6, 6.07) is 7.03. The SMILES string of the molecule is N=C(NC(=O)C(=CN)c1nc(C2CCNCC2)cc(=O)[nH]1)c1ccccc1F. The largest absolute Gasteiger partial charge is 0.404 e.